The predicted octanol–water partition coefficient (Wildman–Crippen LogP) is 2.23. The average Bonchev–Trinajstić information content (AvgIpc) is 2.95. The highest BCUT2D eigenvalue weighted by atomic mass is 16.5. The molecule has 3 rings (SSSR count). The minimum atomic E-state index is -0.465. The molecule has 0 saturated heterocycles. The molecule has 78 valence electrons. The molecule has 0 aromatic heterocycles. The normalized spacial score (nSPS) is 19.9. The molecule has 1 N–H and O–H groups in total. The van der Waals surface area contributed by atoms with Gasteiger partial charge in [-0.15, -0.1) is 0 Å². The van der Waals surface area contributed by atoms with Crippen LogP contribution in [0.4, 0.5) is 5.69 Å². The molecule has 2 aliphatic rings. The van der Waals surface area contributed by atoms with Crippen molar-refractivity contribution in [3.8, 4) is 5.75 Å². The van der Waals surface area contributed by atoms with E-state index in [9.17, 15) is 4.79 Å². The molecular formula is C12H13NO2. The molecule has 0 unspecified atom stereocenters. The van der Waals surface area contributed by atoms with Crippen LogP contribution in [0.3, 0.4) is 0 Å². The number of carbonyl (C=O) groups is 1. The van der Waals surface area contributed by atoms with E-state index in [-0.39, 0.29) is 5.78 Å². The van der Waals surface area contributed by atoms with Gasteiger partial charge in [0.2, 0.25) is 5.78 Å². The maximum absolute atomic E-state index is 12.0. The van der Waals surface area contributed by atoms with Crippen LogP contribution in [0.5, 0.6) is 5.75 Å². The fraction of sp³-hybridized carbons (Fsp3) is 0.417. The van der Waals surface area contributed by atoms with Gasteiger partial charge < -0.3 is 10.1 Å². The summed E-state index contributed by atoms with van der Waals surface area (Å²) in [4.78, 5) is 12.0. The number of ketones is 1. The molecule has 0 bridgehead atoms. The third-order valence-corrected chi connectivity index (χ3v) is 3.03. The van der Waals surface area contributed by atoms with Crippen LogP contribution in [0.25, 0.3) is 0 Å². The van der Waals surface area contributed by atoms with E-state index < -0.39 is 5.60 Å². The second-order valence-corrected chi connectivity index (χ2v) is 4.17. The Bertz CT molecular complexity index is 435. The minimum Gasteiger partial charge on any atom is -0.478 e. The smallest absolute Gasteiger partial charge is 0.210 e. The highest BCUT2D eigenvalue weighted by molar-refractivity contribution is 6.09. The molecule has 3 heteroatoms. The molecular weight excluding hydrogens is 190 g/mol. The van der Waals surface area contributed by atoms with Crippen LogP contribution < -0.4 is 10.1 Å². The Morgan fingerprint density at radius 2 is 2.27 bits per heavy atom. The molecule has 1 fully saturated rings. The summed E-state index contributed by atoms with van der Waals surface area (Å²) in [6, 6.07) is 5.74. The van der Waals surface area contributed by atoms with Crippen molar-refractivity contribution in [1.82, 2.24) is 0 Å². The van der Waals surface area contributed by atoms with Gasteiger partial charge in [-0.1, -0.05) is 0 Å². The molecule has 1 aromatic carbocycles. The van der Waals surface area contributed by atoms with Gasteiger partial charge >= 0.3 is 0 Å². The first-order valence-corrected chi connectivity index (χ1v) is 5.37. The Labute approximate surface area is 88.4 Å². The maximum Gasteiger partial charge on any atom is 0.210 e. The number of fused-ring (bicyclic) bond motifs is 1. The minimum absolute atomic E-state index is 0.164. The quantitative estimate of drug-likeness (QED) is 0.801. The number of ether oxygens (including phenoxy) is 1. The van der Waals surface area contributed by atoms with Gasteiger partial charge in [0.15, 0.2) is 5.60 Å². The summed E-state index contributed by atoms with van der Waals surface area (Å²) < 4.78 is 5.67. The van der Waals surface area contributed by atoms with Gasteiger partial charge in [-0.25, -0.2) is 0 Å². The molecule has 15 heavy (non-hydrogen) atoms. The van der Waals surface area contributed by atoms with Crippen molar-refractivity contribution in [2.45, 2.75) is 25.4 Å². The highest BCUT2D eigenvalue weighted by Gasteiger charge is 2.57. The molecule has 1 spiro atoms. The second kappa shape index (κ2) is 2.75. The van der Waals surface area contributed by atoms with Gasteiger partial charge in [0, 0.05) is 12.2 Å². The van der Waals surface area contributed by atoms with Crippen LogP contribution in [0.1, 0.15) is 30.1 Å². The summed E-state index contributed by atoms with van der Waals surface area (Å²) in [6.45, 7) is 2.90. The standard InChI is InChI=1S/C12H13NO2/c1-2-13-8-3-4-10-9(7-8)11(14)12(15-10)5-6-12/h3-4,7,13H,2,5-6H2,1H3. The van der Waals surface area contributed by atoms with Crippen LogP contribution in [-0.4, -0.2) is 17.9 Å². The molecule has 1 aliphatic carbocycles. The first-order chi connectivity index (χ1) is 7.25. The molecule has 1 aliphatic heterocycles. The molecule has 0 radical (unpaired) electrons. The summed E-state index contributed by atoms with van der Waals surface area (Å²) in [5.41, 5.74) is 1.27. The Balaban J connectivity index is 2.00. The van der Waals surface area contributed by atoms with E-state index in [4.69, 9.17) is 4.74 Å². The Hall–Kier alpha value is -1.51. The molecule has 0 amide bonds. The summed E-state index contributed by atoms with van der Waals surface area (Å²) in [5, 5.41) is 3.20. The van der Waals surface area contributed by atoms with E-state index in [2.05, 4.69) is 5.32 Å². The van der Waals surface area contributed by atoms with Crippen molar-refractivity contribution in [3.05, 3.63) is 23.8 Å². The van der Waals surface area contributed by atoms with Crippen LogP contribution in [-0.2, 0) is 0 Å². The summed E-state index contributed by atoms with van der Waals surface area (Å²) in [5.74, 6) is 0.913. The van der Waals surface area contributed by atoms with Gasteiger partial charge in [0.25, 0.3) is 0 Å². The fourth-order valence-corrected chi connectivity index (χ4v) is 2.06. The third-order valence-electron chi connectivity index (χ3n) is 3.03. The molecule has 1 aromatic rings. The topological polar surface area (TPSA) is 38.3 Å². The number of rotatable bonds is 2. The number of nitrogens with one attached hydrogen (secondary N) is 1. The van der Waals surface area contributed by atoms with E-state index >= 15 is 0 Å². The Morgan fingerprint density at radius 1 is 1.47 bits per heavy atom. The van der Waals surface area contributed by atoms with Gasteiger partial charge in [-0.3, -0.25) is 4.79 Å². The van der Waals surface area contributed by atoms with Gasteiger partial charge in [-0.05, 0) is 38.0 Å². The van der Waals surface area contributed by atoms with Crippen LogP contribution in [0, 0.1) is 0 Å². The SMILES string of the molecule is CCNc1ccc2c(c1)C(=O)C1(CC1)O2. The lowest BCUT2D eigenvalue weighted by molar-refractivity contribution is 0.0820. The Kier molecular flexibility index (Phi) is 1.61. The predicted molar refractivity (Wildman–Crippen MR) is 57.5 cm³/mol. The van der Waals surface area contributed by atoms with E-state index in [1.165, 1.54) is 0 Å². The third kappa shape index (κ3) is 1.16. The maximum atomic E-state index is 12.0. The second-order valence-electron chi connectivity index (χ2n) is 4.17. The van der Waals surface area contributed by atoms with Crippen molar-refractivity contribution in [2.24, 2.45) is 0 Å². The fourth-order valence-electron chi connectivity index (χ4n) is 2.06. The van der Waals surface area contributed by atoms with Crippen molar-refractivity contribution in [2.75, 3.05) is 11.9 Å². The summed E-state index contributed by atoms with van der Waals surface area (Å²) in [7, 11) is 0. The largest absolute Gasteiger partial charge is 0.478 e. The lowest BCUT2D eigenvalue weighted by Gasteiger charge is -2.04. The average molecular weight is 203 g/mol. The van der Waals surface area contributed by atoms with E-state index in [1.54, 1.807) is 0 Å². The van der Waals surface area contributed by atoms with Crippen molar-refractivity contribution in [1.29, 1.82) is 0 Å². The molecule has 1 saturated carbocycles. The van der Waals surface area contributed by atoms with Crippen LogP contribution in [0.2, 0.25) is 0 Å². The summed E-state index contributed by atoms with van der Waals surface area (Å²) >= 11 is 0. The summed E-state index contributed by atoms with van der Waals surface area (Å²) in [6.07, 6.45) is 1.74. The molecule has 1 heterocycles. The van der Waals surface area contributed by atoms with Crippen molar-refractivity contribution >= 4 is 11.5 Å². The first-order valence-electron chi connectivity index (χ1n) is 5.37. The lowest BCUT2D eigenvalue weighted by atomic mass is 10.1. The zero-order chi connectivity index (χ0) is 10.5. The zero-order valence-corrected chi connectivity index (χ0v) is 8.67. The first kappa shape index (κ1) is 8.77. The lowest BCUT2D eigenvalue weighted by Crippen LogP contribution is -2.21. The zero-order valence-electron chi connectivity index (χ0n) is 8.67. The number of Topliss-reactive ketones (excluding diaryl/α,β-unsaturated/α-hetero) is 1. The van der Waals surface area contributed by atoms with E-state index in [0.29, 0.717) is 0 Å². The van der Waals surface area contributed by atoms with E-state index in [1.807, 2.05) is 25.1 Å². The number of anilines is 1. The van der Waals surface area contributed by atoms with Crippen LogP contribution >= 0.6 is 0 Å². The van der Waals surface area contributed by atoms with Gasteiger partial charge in [-0.2, -0.15) is 0 Å². The highest BCUT2D eigenvalue weighted by Crippen LogP contribution is 2.50. The molecule has 3 nitrogen and oxygen atoms in total. The Morgan fingerprint density at radius 3 is 2.93 bits per heavy atom. The van der Waals surface area contributed by atoms with Gasteiger partial charge in [0.1, 0.15) is 5.75 Å². The number of hydrogen-bond donors (Lipinski definition) is 1. The number of hydrogen-bond acceptors (Lipinski definition) is 3. The number of carbonyl (C=O) groups excluding carboxylic acids is 1. The van der Waals surface area contributed by atoms with Gasteiger partial charge in [0.05, 0.1) is 5.56 Å². The van der Waals surface area contributed by atoms with Crippen molar-refractivity contribution < 1.29 is 9.53 Å². The van der Waals surface area contributed by atoms with Crippen molar-refractivity contribution in [3.63, 3.8) is 0 Å². The monoisotopic (exact) mass is 203 g/mol. The molecule has 0 atom stereocenters. The number of benzene rings is 1. The van der Waals surface area contributed by atoms with E-state index in [0.717, 1.165) is 36.4 Å². The van der Waals surface area contributed by atoms with Crippen LogP contribution in [0.15, 0.2) is 18.2 Å².